The largest absolute Gasteiger partial charge is 0.444 e. The summed E-state index contributed by atoms with van der Waals surface area (Å²) in [5.74, 6) is 0.754. The van der Waals surface area contributed by atoms with Crippen LogP contribution in [-0.2, 0) is 11.3 Å². The van der Waals surface area contributed by atoms with Gasteiger partial charge in [-0.1, -0.05) is 28.1 Å². The van der Waals surface area contributed by atoms with Gasteiger partial charge in [-0.25, -0.2) is 9.78 Å². The van der Waals surface area contributed by atoms with Crippen molar-refractivity contribution in [2.75, 3.05) is 30.3 Å². The van der Waals surface area contributed by atoms with Crippen LogP contribution in [0.4, 0.5) is 22.2 Å². The lowest BCUT2D eigenvalue weighted by Crippen LogP contribution is -2.42. The van der Waals surface area contributed by atoms with Gasteiger partial charge in [0.2, 0.25) is 11.8 Å². The molecule has 0 bridgehead atoms. The number of hydrogen-bond acceptors (Lipinski definition) is 8. The van der Waals surface area contributed by atoms with Crippen LogP contribution in [0.25, 0.3) is 0 Å². The van der Waals surface area contributed by atoms with Crippen molar-refractivity contribution in [1.82, 2.24) is 14.9 Å². The molecule has 0 spiro atoms. The van der Waals surface area contributed by atoms with Crippen LogP contribution in [0.15, 0.2) is 28.9 Å². The molecule has 1 aromatic carbocycles. The summed E-state index contributed by atoms with van der Waals surface area (Å²) in [5.41, 5.74) is 1.48. The molecule has 1 aliphatic heterocycles. The molecule has 2 heterocycles. The number of hydrogen-bond donors (Lipinski definition) is 2. The maximum Gasteiger partial charge on any atom is 0.410 e. The van der Waals surface area contributed by atoms with E-state index in [0.717, 1.165) is 28.4 Å². The second-order valence-corrected chi connectivity index (χ2v) is 10.2. The first-order valence-electron chi connectivity index (χ1n) is 11.2. The quantitative estimate of drug-likeness (QED) is 0.370. The monoisotopic (exact) mass is 534 g/mol. The first kappa shape index (κ1) is 25.7. The highest BCUT2D eigenvalue weighted by Crippen LogP contribution is 2.26. The smallest absolute Gasteiger partial charge is 0.410 e. The molecule has 0 aliphatic carbocycles. The first-order chi connectivity index (χ1) is 16.0. The summed E-state index contributed by atoms with van der Waals surface area (Å²) in [7, 11) is 0. The molecule has 184 valence electrons. The molecule has 11 heteroatoms. The summed E-state index contributed by atoms with van der Waals surface area (Å²) in [6, 6.07) is 5.93. The fourth-order valence-corrected chi connectivity index (χ4v) is 4.04. The van der Waals surface area contributed by atoms with Crippen LogP contribution >= 0.6 is 15.9 Å². The number of aromatic nitrogens is 2. The van der Waals surface area contributed by atoms with Crippen molar-refractivity contribution in [2.24, 2.45) is 5.92 Å². The van der Waals surface area contributed by atoms with Crippen LogP contribution in [0.5, 0.6) is 0 Å². The van der Waals surface area contributed by atoms with E-state index in [1.165, 1.54) is 6.20 Å². The number of nitro groups is 1. The molecule has 0 atom stereocenters. The predicted octanol–water partition coefficient (Wildman–Crippen LogP) is 5.13. The molecule has 0 radical (unpaired) electrons. The number of nitrogens with one attached hydrogen (secondary N) is 2. The number of likely N-dealkylation sites (tertiary alicyclic amines) is 1. The molecule has 1 fully saturated rings. The molecular weight excluding hydrogens is 504 g/mol. The molecule has 1 amide bonds. The minimum atomic E-state index is -0.525. The molecule has 1 aliphatic rings. The highest BCUT2D eigenvalue weighted by Gasteiger charge is 2.27. The number of benzene rings is 1. The van der Waals surface area contributed by atoms with E-state index in [0.29, 0.717) is 32.1 Å². The van der Waals surface area contributed by atoms with E-state index in [1.807, 2.05) is 45.9 Å². The maximum atomic E-state index is 12.2. The lowest BCUT2D eigenvalue weighted by Gasteiger charge is -2.33. The van der Waals surface area contributed by atoms with Gasteiger partial charge in [-0.3, -0.25) is 10.1 Å². The van der Waals surface area contributed by atoms with Crippen LogP contribution in [0.1, 0.15) is 44.7 Å². The topological polar surface area (TPSA) is 123 Å². The lowest BCUT2D eigenvalue weighted by molar-refractivity contribution is -0.384. The number of halogens is 1. The van der Waals surface area contributed by atoms with Crippen molar-refractivity contribution in [2.45, 2.75) is 52.7 Å². The summed E-state index contributed by atoms with van der Waals surface area (Å²) in [4.78, 5) is 33.4. The summed E-state index contributed by atoms with van der Waals surface area (Å²) in [6.45, 7) is 9.74. The third-order valence-corrected chi connectivity index (χ3v) is 6.47. The Morgan fingerprint density at radius 3 is 2.65 bits per heavy atom. The van der Waals surface area contributed by atoms with Gasteiger partial charge in [0.25, 0.3) is 0 Å². The molecule has 0 saturated carbocycles. The number of anilines is 2. The molecular formula is C23H31BrN6O4. The average Bonchev–Trinajstić information content (AvgIpc) is 2.77. The minimum Gasteiger partial charge on any atom is -0.444 e. The van der Waals surface area contributed by atoms with Gasteiger partial charge in [0.1, 0.15) is 11.8 Å². The Balaban J connectivity index is 1.59. The van der Waals surface area contributed by atoms with Gasteiger partial charge < -0.3 is 20.3 Å². The number of nitrogens with zero attached hydrogens (tertiary/aromatic N) is 4. The second-order valence-electron chi connectivity index (χ2n) is 9.35. The van der Waals surface area contributed by atoms with E-state index in [4.69, 9.17) is 4.74 Å². The van der Waals surface area contributed by atoms with Crippen LogP contribution in [0.2, 0.25) is 0 Å². The van der Waals surface area contributed by atoms with E-state index in [2.05, 4.69) is 36.5 Å². The third-order valence-electron chi connectivity index (χ3n) is 5.61. The summed E-state index contributed by atoms with van der Waals surface area (Å²) >= 11 is 3.52. The highest BCUT2D eigenvalue weighted by atomic mass is 79.9. The average molecular weight is 535 g/mol. The van der Waals surface area contributed by atoms with Gasteiger partial charge in [0.05, 0.1) is 4.92 Å². The summed E-state index contributed by atoms with van der Waals surface area (Å²) < 4.78 is 6.45. The normalized spacial score (nSPS) is 14.6. The lowest BCUT2D eigenvalue weighted by atomic mass is 9.97. The van der Waals surface area contributed by atoms with E-state index in [-0.39, 0.29) is 23.5 Å². The summed E-state index contributed by atoms with van der Waals surface area (Å²) in [5, 5.41) is 17.8. The van der Waals surface area contributed by atoms with Crippen molar-refractivity contribution < 1.29 is 14.5 Å². The van der Waals surface area contributed by atoms with Crippen molar-refractivity contribution >= 4 is 39.5 Å². The van der Waals surface area contributed by atoms with E-state index in [1.54, 1.807) is 4.90 Å². The molecule has 34 heavy (non-hydrogen) atoms. The summed E-state index contributed by atoms with van der Waals surface area (Å²) in [6.07, 6.45) is 2.47. The highest BCUT2D eigenvalue weighted by molar-refractivity contribution is 9.10. The standard InChI is InChI=1S/C23H31BrN6O4/c1-15-17(6-5-7-18(15)24)13-26-21-27-14-19(30(32)33)20(28-21)25-12-16-8-10-29(11-9-16)22(31)34-23(2,3)4/h5-7,14,16H,8-13H2,1-4H3,(H2,25,26,27,28). The Hall–Kier alpha value is -2.95. The van der Waals surface area contributed by atoms with Crippen molar-refractivity contribution in [3.05, 3.63) is 50.1 Å². The van der Waals surface area contributed by atoms with Crippen molar-refractivity contribution in [3.63, 3.8) is 0 Å². The van der Waals surface area contributed by atoms with Crippen LogP contribution in [0, 0.1) is 23.0 Å². The molecule has 3 rings (SSSR count). The zero-order valence-electron chi connectivity index (χ0n) is 19.9. The SMILES string of the molecule is Cc1c(Br)cccc1CNc1ncc([N+](=O)[O-])c(NCC2CCN(C(=O)OC(C)(C)C)CC2)n1. The number of piperidine rings is 1. The zero-order chi connectivity index (χ0) is 24.9. The van der Waals surface area contributed by atoms with Gasteiger partial charge in [0, 0.05) is 30.7 Å². The van der Waals surface area contributed by atoms with Crippen molar-refractivity contribution in [3.8, 4) is 0 Å². The molecule has 0 unspecified atom stereocenters. The minimum absolute atomic E-state index is 0.171. The van der Waals surface area contributed by atoms with Gasteiger partial charge in [-0.15, -0.1) is 0 Å². The third kappa shape index (κ3) is 7.02. The van der Waals surface area contributed by atoms with E-state index >= 15 is 0 Å². The van der Waals surface area contributed by atoms with Crippen molar-refractivity contribution in [1.29, 1.82) is 0 Å². The number of amides is 1. The number of rotatable bonds is 7. The molecule has 1 aromatic heterocycles. The first-order valence-corrected chi connectivity index (χ1v) is 12.0. The Morgan fingerprint density at radius 2 is 2.00 bits per heavy atom. The van der Waals surface area contributed by atoms with Crippen LogP contribution < -0.4 is 10.6 Å². The Labute approximate surface area is 207 Å². The molecule has 2 aromatic rings. The predicted molar refractivity (Wildman–Crippen MR) is 134 cm³/mol. The van der Waals surface area contributed by atoms with Gasteiger partial charge in [-0.2, -0.15) is 4.98 Å². The number of ether oxygens (including phenoxy) is 1. The fourth-order valence-electron chi connectivity index (χ4n) is 3.63. The number of carbonyl (C=O) groups is 1. The van der Waals surface area contributed by atoms with Gasteiger partial charge in [-0.05, 0) is 63.6 Å². The Morgan fingerprint density at radius 1 is 1.29 bits per heavy atom. The van der Waals surface area contributed by atoms with E-state index in [9.17, 15) is 14.9 Å². The van der Waals surface area contributed by atoms with E-state index < -0.39 is 10.5 Å². The fraction of sp³-hybridized carbons (Fsp3) is 0.522. The Bertz CT molecular complexity index is 1030. The van der Waals surface area contributed by atoms with Gasteiger partial charge in [0.15, 0.2) is 0 Å². The molecule has 1 saturated heterocycles. The Kier molecular flexibility index (Phi) is 8.29. The van der Waals surface area contributed by atoms with Gasteiger partial charge >= 0.3 is 11.8 Å². The van der Waals surface area contributed by atoms with Crippen LogP contribution in [-0.4, -0.2) is 51.1 Å². The maximum absolute atomic E-state index is 12.2. The molecule has 2 N–H and O–H groups in total. The molecule has 10 nitrogen and oxygen atoms in total. The zero-order valence-corrected chi connectivity index (χ0v) is 21.5. The second kappa shape index (κ2) is 11.0. The van der Waals surface area contributed by atoms with Crippen LogP contribution in [0.3, 0.4) is 0 Å². The number of carbonyl (C=O) groups excluding carboxylic acids is 1.